The summed E-state index contributed by atoms with van der Waals surface area (Å²) in [5, 5.41) is 12.7. The van der Waals surface area contributed by atoms with Crippen molar-refractivity contribution in [1.82, 2.24) is 4.90 Å². The molecule has 32 heavy (non-hydrogen) atoms. The zero-order valence-electron chi connectivity index (χ0n) is 18.7. The standard InChI is InChI=1S/C27H32N2O2.ClH/c1-29-13-12-27-11-3-2-4-24(27)25(29)15-18-14-19(7-10-23(18)27)28-26(31)22-16-21(22)17-5-8-20(30)9-6-17;/h5-10,14,21-22,24-25,30H,2-4,11-13,15-16H2,1H3,(H,28,31);1H/t21?,22-,24-,25+,27-;/m0./s1. The molecule has 170 valence electrons. The fraction of sp³-hybridized carbons (Fsp3) is 0.519. The number of likely N-dealkylation sites (tertiary alicyclic amines) is 1. The Hall–Kier alpha value is -2.04. The number of rotatable bonds is 3. The molecule has 0 aromatic heterocycles. The smallest absolute Gasteiger partial charge is 0.228 e. The predicted octanol–water partition coefficient (Wildman–Crippen LogP) is 5.24. The number of piperidine rings is 1. The molecule has 5 heteroatoms. The number of phenols is 1. The van der Waals surface area contributed by atoms with Gasteiger partial charge in [0.1, 0.15) is 5.75 Å². The van der Waals surface area contributed by atoms with Gasteiger partial charge in [0.2, 0.25) is 5.91 Å². The summed E-state index contributed by atoms with van der Waals surface area (Å²) in [6.45, 7) is 1.21. The highest BCUT2D eigenvalue weighted by Crippen LogP contribution is 2.56. The third-order valence-corrected chi connectivity index (χ3v) is 8.83. The number of carbonyl (C=O) groups is 1. The highest BCUT2D eigenvalue weighted by molar-refractivity contribution is 5.95. The lowest BCUT2D eigenvalue weighted by Gasteiger charge is -2.58. The van der Waals surface area contributed by atoms with E-state index in [1.807, 2.05) is 12.1 Å². The van der Waals surface area contributed by atoms with Crippen LogP contribution in [0.4, 0.5) is 5.69 Å². The van der Waals surface area contributed by atoms with Crippen molar-refractivity contribution in [3.8, 4) is 5.75 Å². The van der Waals surface area contributed by atoms with Gasteiger partial charge in [0.15, 0.2) is 0 Å². The van der Waals surface area contributed by atoms with Crippen LogP contribution in [0.5, 0.6) is 5.75 Å². The third kappa shape index (κ3) is 3.43. The monoisotopic (exact) mass is 452 g/mol. The number of benzene rings is 2. The molecule has 6 rings (SSSR count). The van der Waals surface area contributed by atoms with E-state index in [-0.39, 0.29) is 35.9 Å². The number of halogens is 1. The van der Waals surface area contributed by atoms with Crippen LogP contribution in [0, 0.1) is 11.8 Å². The molecule has 1 saturated heterocycles. The summed E-state index contributed by atoms with van der Waals surface area (Å²) in [6.07, 6.45) is 8.71. The van der Waals surface area contributed by atoms with Gasteiger partial charge in [-0.25, -0.2) is 0 Å². The molecule has 1 amide bonds. The Morgan fingerprint density at radius 1 is 1.12 bits per heavy atom. The first-order valence-electron chi connectivity index (χ1n) is 12.0. The van der Waals surface area contributed by atoms with Crippen LogP contribution in [0.2, 0.25) is 0 Å². The molecule has 0 spiro atoms. The first-order chi connectivity index (χ1) is 15.0. The molecule has 1 aliphatic heterocycles. The van der Waals surface area contributed by atoms with Crippen molar-refractivity contribution < 1.29 is 9.90 Å². The van der Waals surface area contributed by atoms with Gasteiger partial charge in [0.05, 0.1) is 0 Å². The van der Waals surface area contributed by atoms with Gasteiger partial charge in [0.25, 0.3) is 0 Å². The molecule has 2 saturated carbocycles. The van der Waals surface area contributed by atoms with E-state index < -0.39 is 0 Å². The van der Waals surface area contributed by atoms with Crippen molar-refractivity contribution in [3.63, 3.8) is 0 Å². The number of nitrogens with zero attached hydrogens (tertiary/aromatic N) is 1. The summed E-state index contributed by atoms with van der Waals surface area (Å²) in [7, 11) is 2.30. The molecule has 0 radical (unpaired) electrons. The second-order valence-corrected chi connectivity index (χ2v) is 10.4. The van der Waals surface area contributed by atoms with E-state index >= 15 is 0 Å². The Bertz CT molecular complexity index is 1020. The highest BCUT2D eigenvalue weighted by Gasteiger charge is 2.53. The molecule has 1 heterocycles. The number of phenolic OH excluding ortho intramolecular Hbond substituents is 1. The first-order valence-corrected chi connectivity index (χ1v) is 12.0. The van der Waals surface area contributed by atoms with Crippen molar-refractivity contribution in [3.05, 3.63) is 59.2 Å². The Balaban J connectivity index is 0.00000216. The molecule has 3 aliphatic carbocycles. The highest BCUT2D eigenvalue weighted by atomic mass is 35.5. The molecule has 4 aliphatic rings. The minimum absolute atomic E-state index is 0. The van der Waals surface area contributed by atoms with E-state index in [2.05, 4.69) is 35.5 Å². The summed E-state index contributed by atoms with van der Waals surface area (Å²) in [4.78, 5) is 15.5. The molecular weight excluding hydrogens is 420 g/mol. The lowest BCUT2D eigenvalue weighted by atomic mass is 9.52. The van der Waals surface area contributed by atoms with Crippen LogP contribution in [-0.4, -0.2) is 35.5 Å². The quantitative estimate of drug-likeness (QED) is 0.669. The first kappa shape index (κ1) is 21.8. The molecule has 4 nitrogen and oxygen atoms in total. The number of aromatic hydroxyl groups is 1. The van der Waals surface area contributed by atoms with Gasteiger partial charge in [-0.1, -0.05) is 31.0 Å². The van der Waals surface area contributed by atoms with E-state index in [1.54, 1.807) is 17.7 Å². The number of carbonyl (C=O) groups excluding carboxylic acids is 1. The number of amides is 1. The Morgan fingerprint density at radius 3 is 2.75 bits per heavy atom. The van der Waals surface area contributed by atoms with Crippen LogP contribution in [-0.2, 0) is 16.6 Å². The van der Waals surface area contributed by atoms with Crippen molar-refractivity contribution in [2.45, 2.75) is 62.3 Å². The van der Waals surface area contributed by atoms with Crippen molar-refractivity contribution in [1.29, 1.82) is 0 Å². The van der Waals surface area contributed by atoms with Crippen LogP contribution >= 0.6 is 12.4 Å². The van der Waals surface area contributed by atoms with E-state index in [9.17, 15) is 9.90 Å². The average molecular weight is 453 g/mol. The summed E-state index contributed by atoms with van der Waals surface area (Å²) < 4.78 is 0. The lowest BCUT2D eigenvalue weighted by molar-refractivity contribution is -0.117. The lowest BCUT2D eigenvalue weighted by Crippen LogP contribution is -2.59. The van der Waals surface area contributed by atoms with Gasteiger partial charge in [-0.05, 0) is 98.5 Å². The van der Waals surface area contributed by atoms with Crippen LogP contribution in [0.25, 0.3) is 0 Å². The molecular formula is C27H33ClN2O2. The van der Waals surface area contributed by atoms with E-state index in [0.717, 1.165) is 30.0 Å². The van der Waals surface area contributed by atoms with Crippen LogP contribution < -0.4 is 5.32 Å². The number of hydrogen-bond donors (Lipinski definition) is 2. The number of likely N-dealkylation sites (N-methyl/N-ethyl adjacent to an activating group) is 1. The second kappa shape index (κ2) is 8.07. The maximum atomic E-state index is 12.9. The molecule has 2 aromatic carbocycles. The normalized spacial score (nSPS) is 32.8. The SMILES string of the molecule is CN1CC[C@]23CCCC[C@H]2[C@H]1Cc1cc(NC(=O)[C@H]2CC2c2ccc(O)cc2)ccc13.Cl. The van der Waals surface area contributed by atoms with Crippen molar-refractivity contribution in [2.75, 3.05) is 18.9 Å². The number of hydrogen-bond acceptors (Lipinski definition) is 3. The van der Waals surface area contributed by atoms with Gasteiger partial charge >= 0.3 is 0 Å². The number of fused-ring (bicyclic) bond motifs is 1. The minimum atomic E-state index is 0. The average Bonchev–Trinajstić information content (AvgIpc) is 3.58. The Morgan fingerprint density at radius 2 is 1.94 bits per heavy atom. The van der Waals surface area contributed by atoms with Gasteiger partial charge in [-0.2, -0.15) is 0 Å². The Labute approximate surface area is 196 Å². The van der Waals surface area contributed by atoms with Crippen LogP contribution in [0.1, 0.15) is 61.1 Å². The summed E-state index contributed by atoms with van der Waals surface area (Å²) in [5.74, 6) is 1.50. The summed E-state index contributed by atoms with van der Waals surface area (Å²) >= 11 is 0. The summed E-state index contributed by atoms with van der Waals surface area (Å²) in [5.41, 5.74) is 5.49. The molecule has 2 bridgehead atoms. The zero-order valence-corrected chi connectivity index (χ0v) is 19.5. The predicted molar refractivity (Wildman–Crippen MR) is 130 cm³/mol. The van der Waals surface area contributed by atoms with Crippen molar-refractivity contribution in [2.24, 2.45) is 11.8 Å². The van der Waals surface area contributed by atoms with E-state index in [4.69, 9.17) is 0 Å². The van der Waals surface area contributed by atoms with Gasteiger partial charge in [-0.15, -0.1) is 12.4 Å². The fourth-order valence-electron chi connectivity index (χ4n) is 7.11. The second-order valence-electron chi connectivity index (χ2n) is 10.4. The number of nitrogens with one attached hydrogen (secondary N) is 1. The molecule has 2 aromatic rings. The largest absolute Gasteiger partial charge is 0.508 e. The van der Waals surface area contributed by atoms with Crippen molar-refractivity contribution >= 4 is 24.0 Å². The van der Waals surface area contributed by atoms with Crippen LogP contribution in [0.3, 0.4) is 0 Å². The maximum absolute atomic E-state index is 12.9. The topological polar surface area (TPSA) is 52.6 Å². The fourth-order valence-corrected chi connectivity index (χ4v) is 7.11. The van der Waals surface area contributed by atoms with Crippen LogP contribution in [0.15, 0.2) is 42.5 Å². The third-order valence-electron chi connectivity index (χ3n) is 8.83. The molecule has 3 fully saturated rings. The van der Waals surface area contributed by atoms with E-state index in [1.165, 1.54) is 44.2 Å². The van der Waals surface area contributed by atoms with E-state index in [0.29, 0.717) is 11.5 Å². The van der Waals surface area contributed by atoms with Gasteiger partial charge in [-0.3, -0.25) is 4.79 Å². The van der Waals surface area contributed by atoms with Gasteiger partial charge < -0.3 is 15.3 Å². The molecule has 1 unspecified atom stereocenters. The Kier molecular flexibility index (Phi) is 5.50. The molecule has 5 atom stereocenters. The maximum Gasteiger partial charge on any atom is 0.228 e. The summed E-state index contributed by atoms with van der Waals surface area (Å²) in [6, 6.07) is 14.7. The minimum Gasteiger partial charge on any atom is -0.508 e. The number of anilines is 1. The molecule has 2 N–H and O–H groups in total. The van der Waals surface area contributed by atoms with Gasteiger partial charge in [0, 0.05) is 23.1 Å². The zero-order chi connectivity index (χ0) is 21.2.